The summed E-state index contributed by atoms with van der Waals surface area (Å²) in [6.07, 6.45) is 13.8. The van der Waals surface area contributed by atoms with Gasteiger partial charge in [0, 0.05) is 18.8 Å². The summed E-state index contributed by atoms with van der Waals surface area (Å²) in [6.45, 7) is 2.15. The zero-order valence-corrected chi connectivity index (χ0v) is 21.2. The largest absolute Gasteiger partial charge is 0.481 e. The second kappa shape index (κ2) is 16.2. The second-order valence-electron chi connectivity index (χ2n) is 9.80. The van der Waals surface area contributed by atoms with Gasteiger partial charge < -0.3 is 15.5 Å². The first kappa shape index (κ1) is 28.8. The minimum Gasteiger partial charge on any atom is -0.481 e. The lowest BCUT2D eigenvalue weighted by atomic mass is 9.89. The smallest absolute Gasteiger partial charge is 0.305 e. The summed E-state index contributed by atoms with van der Waals surface area (Å²) >= 11 is 0. The molecule has 0 bridgehead atoms. The molecule has 2 rings (SSSR count). The Morgan fingerprint density at radius 2 is 1.83 bits per heavy atom. The van der Waals surface area contributed by atoms with Crippen LogP contribution in [0.15, 0.2) is 42.5 Å². The Kier molecular flexibility index (Phi) is 13.4. The number of hydrogen-bond acceptors (Lipinski definition) is 4. The number of aliphatic hydroxyl groups excluding tert-OH is 1. The average molecular weight is 486 g/mol. The van der Waals surface area contributed by atoms with Gasteiger partial charge in [-0.25, -0.2) is 0 Å². The number of carboxylic acid groups (broad SMARTS) is 1. The number of amides is 1. The first-order valence-electron chi connectivity index (χ1n) is 13.4. The first-order valence-corrected chi connectivity index (χ1v) is 13.4. The third-order valence-electron chi connectivity index (χ3n) is 6.92. The molecule has 1 unspecified atom stereocenters. The van der Waals surface area contributed by atoms with E-state index in [4.69, 9.17) is 0 Å². The van der Waals surface area contributed by atoms with E-state index in [-0.39, 0.29) is 24.2 Å². The van der Waals surface area contributed by atoms with Crippen LogP contribution in [0, 0.1) is 11.8 Å². The van der Waals surface area contributed by atoms with Crippen LogP contribution in [0.2, 0.25) is 0 Å². The molecule has 6 heteroatoms. The van der Waals surface area contributed by atoms with Crippen molar-refractivity contribution in [2.45, 2.75) is 103 Å². The summed E-state index contributed by atoms with van der Waals surface area (Å²) in [5, 5.41) is 22.2. The third kappa shape index (κ3) is 11.2. The number of aliphatic carboxylic acids is 1. The Labute approximate surface area is 210 Å². The van der Waals surface area contributed by atoms with Crippen LogP contribution in [0.1, 0.15) is 102 Å². The van der Waals surface area contributed by atoms with E-state index in [9.17, 15) is 24.6 Å². The summed E-state index contributed by atoms with van der Waals surface area (Å²) in [5.74, 6) is -0.447. The van der Waals surface area contributed by atoms with Crippen LogP contribution in [0.5, 0.6) is 0 Å². The van der Waals surface area contributed by atoms with Crippen molar-refractivity contribution in [2.75, 3.05) is 0 Å². The van der Waals surface area contributed by atoms with Crippen LogP contribution in [0.3, 0.4) is 0 Å². The molecule has 1 aromatic carbocycles. The van der Waals surface area contributed by atoms with Gasteiger partial charge in [-0.1, -0.05) is 87.9 Å². The highest BCUT2D eigenvalue weighted by Gasteiger charge is 2.32. The highest BCUT2D eigenvalue weighted by molar-refractivity contribution is 5.83. The van der Waals surface area contributed by atoms with Crippen molar-refractivity contribution in [3.8, 4) is 0 Å². The molecule has 0 heterocycles. The Hall–Kier alpha value is -2.47. The number of hydrogen-bond donors (Lipinski definition) is 3. The third-order valence-corrected chi connectivity index (χ3v) is 6.92. The van der Waals surface area contributed by atoms with Gasteiger partial charge in [0.1, 0.15) is 5.78 Å². The monoisotopic (exact) mass is 485 g/mol. The van der Waals surface area contributed by atoms with Crippen molar-refractivity contribution in [3.63, 3.8) is 0 Å². The number of carboxylic acids is 1. The Bertz CT molecular complexity index is 807. The number of rotatable bonds is 17. The minimum atomic E-state index is -0.945. The van der Waals surface area contributed by atoms with Crippen molar-refractivity contribution in [1.29, 1.82) is 0 Å². The minimum absolute atomic E-state index is 0.0556. The SMILES string of the molecule is CCCCC[C@H](O)/C=C/[C@H]1CCC(=O)[C@@H]1CCCCCCC(=O)NC(CC(=O)O)c1ccccc1. The molecule has 0 radical (unpaired) electrons. The summed E-state index contributed by atoms with van der Waals surface area (Å²) < 4.78 is 0. The number of Topliss-reactive ketones (excluding diaryl/α,β-unsaturated/α-hetero) is 1. The van der Waals surface area contributed by atoms with Gasteiger partial charge in [0.25, 0.3) is 0 Å². The number of unbranched alkanes of at least 4 members (excludes halogenated alkanes) is 5. The molecule has 0 aliphatic heterocycles. The average Bonchev–Trinajstić information content (AvgIpc) is 3.19. The van der Waals surface area contributed by atoms with Crippen molar-refractivity contribution in [1.82, 2.24) is 5.32 Å². The molecule has 35 heavy (non-hydrogen) atoms. The molecule has 3 N–H and O–H groups in total. The van der Waals surface area contributed by atoms with Gasteiger partial charge in [-0.2, -0.15) is 0 Å². The molecule has 1 aliphatic carbocycles. The zero-order valence-electron chi connectivity index (χ0n) is 21.2. The van der Waals surface area contributed by atoms with Gasteiger partial charge in [0.05, 0.1) is 18.6 Å². The van der Waals surface area contributed by atoms with E-state index >= 15 is 0 Å². The van der Waals surface area contributed by atoms with Gasteiger partial charge >= 0.3 is 5.97 Å². The summed E-state index contributed by atoms with van der Waals surface area (Å²) in [5.41, 5.74) is 0.793. The topological polar surface area (TPSA) is 104 Å². The maximum absolute atomic E-state index is 12.4. The molecule has 1 saturated carbocycles. The Morgan fingerprint density at radius 1 is 1.09 bits per heavy atom. The molecule has 0 spiro atoms. The van der Waals surface area contributed by atoms with Crippen LogP contribution < -0.4 is 5.32 Å². The Balaban J connectivity index is 1.67. The van der Waals surface area contributed by atoms with E-state index in [1.54, 1.807) is 0 Å². The fraction of sp³-hybridized carbons (Fsp3) is 0.621. The highest BCUT2D eigenvalue weighted by atomic mass is 16.4. The van der Waals surface area contributed by atoms with Crippen LogP contribution in [-0.2, 0) is 14.4 Å². The van der Waals surface area contributed by atoms with Crippen molar-refractivity contribution in [3.05, 3.63) is 48.0 Å². The predicted octanol–water partition coefficient (Wildman–Crippen LogP) is 5.75. The lowest BCUT2D eigenvalue weighted by molar-refractivity contribution is -0.137. The normalized spacial score (nSPS) is 19.7. The number of carbonyl (C=O) groups is 3. The van der Waals surface area contributed by atoms with E-state index in [2.05, 4.69) is 18.3 Å². The molecule has 0 saturated heterocycles. The standard InChI is InChI=1S/C29H43NO5/c1-2-3-7-14-24(31)19-17-22-18-20-27(32)25(22)15-10-4-5-11-16-28(33)30-26(21-29(34)35)23-12-8-6-9-13-23/h6,8-9,12-13,17,19,22,24-26,31H,2-5,7,10-11,14-16,18,20-21H2,1H3,(H,30,33)(H,34,35)/b19-17+/t22-,24-,25+,26?/m0/s1. The lowest BCUT2D eigenvalue weighted by Crippen LogP contribution is -2.29. The molecule has 6 nitrogen and oxygen atoms in total. The molecule has 1 aliphatic rings. The van der Waals surface area contributed by atoms with Crippen molar-refractivity contribution in [2.24, 2.45) is 11.8 Å². The van der Waals surface area contributed by atoms with E-state index in [1.165, 1.54) is 0 Å². The summed E-state index contributed by atoms with van der Waals surface area (Å²) in [7, 11) is 0. The van der Waals surface area contributed by atoms with Crippen LogP contribution >= 0.6 is 0 Å². The molecule has 0 aromatic heterocycles. The van der Waals surface area contributed by atoms with Gasteiger partial charge in [-0.15, -0.1) is 0 Å². The number of carbonyl (C=O) groups excluding carboxylic acids is 2. The summed E-state index contributed by atoms with van der Waals surface area (Å²) in [4.78, 5) is 35.9. The molecular formula is C29H43NO5. The molecule has 194 valence electrons. The van der Waals surface area contributed by atoms with Gasteiger partial charge in [0.2, 0.25) is 5.91 Å². The van der Waals surface area contributed by atoms with Crippen molar-refractivity contribution < 1.29 is 24.6 Å². The molecule has 4 atom stereocenters. The second-order valence-corrected chi connectivity index (χ2v) is 9.80. The molecule has 1 aromatic rings. The number of benzene rings is 1. The predicted molar refractivity (Wildman–Crippen MR) is 138 cm³/mol. The molecular weight excluding hydrogens is 442 g/mol. The number of aliphatic hydroxyl groups is 1. The van der Waals surface area contributed by atoms with E-state index in [0.29, 0.717) is 18.6 Å². The van der Waals surface area contributed by atoms with Crippen LogP contribution in [0.25, 0.3) is 0 Å². The van der Waals surface area contributed by atoms with E-state index < -0.39 is 18.1 Å². The number of ketones is 1. The van der Waals surface area contributed by atoms with E-state index in [0.717, 1.165) is 69.8 Å². The number of allylic oxidation sites excluding steroid dienone is 1. The van der Waals surface area contributed by atoms with Crippen LogP contribution in [-0.4, -0.2) is 34.0 Å². The van der Waals surface area contributed by atoms with Crippen LogP contribution in [0.4, 0.5) is 0 Å². The maximum Gasteiger partial charge on any atom is 0.305 e. The lowest BCUT2D eigenvalue weighted by Gasteiger charge is -2.17. The quantitative estimate of drug-likeness (QED) is 0.192. The zero-order chi connectivity index (χ0) is 25.5. The fourth-order valence-corrected chi connectivity index (χ4v) is 4.89. The maximum atomic E-state index is 12.4. The summed E-state index contributed by atoms with van der Waals surface area (Å²) in [6, 6.07) is 8.66. The van der Waals surface area contributed by atoms with Gasteiger partial charge in [-0.3, -0.25) is 14.4 Å². The first-order chi connectivity index (χ1) is 16.9. The van der Waals surface area contributed by atoms with Crippen molar-refractivity contribution >= 4 is 17.7 Å². The molecule has 1 amide bonds. The molecule has 1 fully saturated rings. The van der Waals surface area contributed by atoms with Gasteiger partial charge in [-0.05, 0) is 37.2 Å². The number of nitrogens with one attached hydrogen (secondary N) is 1. The Morgan fingerprint density at radius 3 is 2.54 bits per heavy atom. The van der Waals surface area contributed by atoms with E-state index in [1.807, 2.05) is 36.4 Å². The van der Waals surface area contributed by atoms with Gasteiger partial charge in [0.15, 0.2) is 0 Å². The fourth-order valence-electron chi connectivity index (χ4n) is 4.89. The highest BCUT2D eigenvalue weighted by Crippen LogP contribution is 2.34.